The summed E-state index contributed by atoms with van der Waals surface area (Å²) in [5.41, 5.74) is 4.99. The van der Waals surface area contributed by atoms with E-state index in [4.69, 9.17) is 21.1 Å². The first-order valence-corrected chi connectivity index (χ1v) is 14.4. The zero-order valence-electron chi connectivity index (χ0n) is 24.9. The van der Waals surface area contributed by atoms with Gasteiger partial charge in [0.15, 0.2) is 11.5 Å². The Bertz CT molecular complexity index is 1390. The summed E-state index contributed by atoms with van der Waals surface area (Å²) in [5, 5.41) is 13.1. The molecule has 1 heterocycles. The number of anilines is 1. The Kier molecular flexibility index (Phi) is 12.4. The van der Waals surface area contributed by atoms with E-state index in [9.17, 15) is 9.59 Å². The Balaban J connectivity index is 2.34. The van der Waals surface area contributed by atoms with Gasteiger partial charge in [-0.1, -0.05) is 74.4 Å². The van der Waals surface area contributed by atoms with Crippen molar-refractivity contribution in [1.82, 2.24) is 10.3 Å². The second-order valence-electron chi connectivity index (χ2n) is 9.49. The molecule has 0 bridgehead atoms. The normalized spacial score (nSPS) is 15.0. The number of halogens is 1. The fraction of sp³-hybridized carbons (Fsp3) is 0.303. The number of carbonyl (C=O) groups is 2. The number of amides is 1. The smallest absolute Gasteiger partial charge is 0.325 e. The maximum Gasteiger partial charge on any atom is 0.325 e. The Hall–Kier alpha value is -4.30. The molecule has 2 aromatic carbocycles. The minimum Gasteiger partial charge on any atom is -0.486 e. The van der Waals surface area contributed by atoms with Crippen LogP contribution in [0.4, 0.5) is 5.69 Å². The monoisotopic (exact) mass is 590 g/mol. The Labute approximate surface area is 253 Å². The van der Waals surface area contributed by atoms with Crippen LogP contribution >= 0.6 is 11.6 Å². The number of hydrogen-bond donors (Lipinski definition) is 2. The summed E-state index contributed by atoms with van der Waals surface area (Å²) in [6, 6.07) is 17.1. The molecule has 0 saturated carbocycles. The molecular weight excluding hydrogens is 552 g/mol. The number of ether oxygens (including phenoxy) is 2. The van der Waals surface area contributed by atoms with Crippen molar-refractivity contribution < 1.29 is 19.1 Å². The zero-order chi connectivity index (χ0) is 30.5. The molecule has 222 valence electrons. The molecule has 2 aromatic rings. The van der Waals surface area contributed by atoms with Crippen molar-refractivity contribution in [3.8, 4) is 0 Å². The van der Waals surface area contributed by atoms with Gasteiger partial charge in [-0.05, 0) is 62.1 Å². The molecule has 42 heavy (non-hydrogen) atoms. The standard InChI is InChI=1S/C33H39ClN4O4/c1-6-9-11-16-27-29(37-26-19-17-25(34)18-20-26)30(23(4)7-2)38(36-8-3)31(33(40)35-21-28(39)41-5)32(27)42-22-24-14-12-10-13-15-24/h8,10-20,37H,6-7,9,21-22H2,1-5H3,(H,35,40)/b16-11-,30-23-,36-8-. The number of nitrogens with zero attached hydrogens (tertiary/aromatic N) is 2. The number of allylic oxidation sites excluding steroid dienone is 3. The van der Waals surface area contributed by atoms with Crippen LogP contribution in [0.5, 0.6) is 0 Å². The highest BCUT2D eigenvalue weighted by Crippen LogP contribution is 2.40. The lowest BCUT2D eigenvalue weighted by Gasteiger charge is -2.35. The van der Waals surface area contributed by atoms with Crippen molar-refractivity contribution in [3.05, 3.63) is 111 Å². The third-order valence-electron chi connectivity index (χ3n) is 6.47. The summed E-state index contributed by atoms with van der Waals surface area (Å²) < 4.78 is 11.3. The van der Waals surface area contributed by atoms with Gasteiger partial charge in [0.05, 0.1) is 18.5 Å². The summed E-state index contributed by atoms with van der Waals surface area (Å²) in [6.07, 6.45) is 8.13. The summed E-state index contributed by atoms with van der Waals surface area (Å²) in [4.78, 5) is 25.8. The van der Waals surface area contributed by atoms with Gasteiger partial charge in [0.1, 0.15) is 13.2 Å². The van der Waals surface area contributed by atoms with Crippen LogP contribution in [0.3, 0.4) is 0 Å². The first-order valence-electron chi connectivity index (χ1n) is 14.0. The van der Waals surface area contributed by atoms with Gasteiger partial charge in [-0.2, -0.15) is 5.10 Å². The molecule has 1 aliphatic rings. The van der Waals surface area contributed by atoms with Crippen LogP contribution < -0.4 is 10.6 Å². The highest BCUT2D eigenvalue weighted by atomic mass is 35.5. The Morgan fingerprint density at radius 3 is 2.40 bits per heavy atom. The number of methoxy groups -OCH3 is 1. The molecule has 0 fully saturated rings. The third kappa shape index (κ3) is 8.36. The van der Waals surface area contributed by atoms with E-state index in [0.29, 0.717) is 28.5 Å². The molecule has 9 heteroatoms. The van der Waals surface area contributed by atoms with Gasteiger partial charge < -0.3 is 20.1 Å². The van der Waals surface area contributed by atoms with Crippen molar-refractivity contribution in [2.45, 2.75) is 53.6 Å². The van der Waals surface area contributed by atoms with Gasteiger partial charge in [-0.15, -0.1) is 0 Å². The number of hydrogen-bond acceptors (Lipinski definition) is 7. The molecule has 2 N–H and O–H groups in total. The lowest BCUT2D eigenvalue weighted by molar-refractivity contribution is -0.140. The van der Waals surface area contributed by atoms with Crippen LogP contribution in [0.2, 0.25) is 5.02 Å². The number of hydrazone groups is 1. The first kappa shape index (κ1) is 32.2. The SMILES string of the molecule is C/C=N\N1C(C(=O)NCC(=O)OC)=C(OCc2ccccc2)C(/C=C\CCC)=C(Nc2ccc(Cl)cc2)C/1=C(\C)CC. The van der Waals surface area contributed by atoms with Gasteiger partial charge in [-0.25, -0.2) is 5.01 Å². The fourth-order valence-corrected chi connectivity index (χ4v) is 4.32. The summed E-state index contributed by atoms with van der Waals surface area (Å²) in [6.45, 7) is 7.83. The van der Waals surface area contributed by atoms with Gasteiger partial charge in [0.2, 0.25) is 0 Å². The van der Waals surface area contributed by atoms with Crippen LogP contribution in [0.1, 0.15) is 52.5 Å². The molecule has 0 aromatic heterocycles. The molecule has 3 rings (SSSR count). The molecule has 0 aliphatic carbocycles. The second-order valence-corrected chi connectivity index (χ2v) is 9.93. The minimum absolute atomic E-state index is 0.161. The second kappa shape index (κ2) is 16.2. The number of nitrogens with one attached hydrogen (secondary N) is 2. The maximum absolute atomic E-state index is 13.9. The maximum atomic E-state index is 13.9. The molecular formula is C33H39ClN4O4. The summed E-state index contributed by atoms with van der Waals surface area (Å²) >= 11 is 6.18. The summed E-state index contributed by atoms with van der Waals surface area (Å²) in [7, 11) is 1.27. The number of esters is 1. The number of unbranched alkanes of at least 4 members (excludes halogenated alkanes) is 1. The average molecular weight is 591 g/mol. The predicted octanol–water partition coefficient (Wildman–Crippen LogP) is 7.09. The third-order valence-corrected chi connectivity index (χ3v) is 6.72. The number of carbonyl (C=O) groups excluding carboxylic acids is 2. The van der Waals surface area contributed by atoms with E-state index >= 15 is 0 Å². The fourth-order valence-electron chi connectivity index (χ4n) is 4.19. The van der Waals surface area contributed by atoms with E-state index in [1.165, 1.54) is 7.11 Å². The highest BCUT2D eigenvalue weighted by Gasteiger charge is 2.37. The molecule has 0 spiro atoms. The first-order chi connectivity index (χ1) is 20.3. The lowest BCUT2D eigenvalue weighted by atomic mass is 9.97. The Morgan fingerprint density at radius 1 is 1.07 bits per heavy atom. The van der Waals surface area contributed by atoms with Gasteiger partial charge >= 0.3 is 5.97 Å². The molecule has 1 amide bonds. The van der Waals surface area contributed by atoms with E-state index in [2.05, 4.69) is 28.7 Å². The van der Waals surface area contributed by atoms with Crippen LogP contribution in [0.15, 0.2) is 106 Å². The van der Waals surface area contributed by atoms with E-state index in [1.807, 2.05) is 74.5 Å². The van der Waals surface area contributed by atoms with E-state index in [1.54, 1.807) is 18.1 Å². The predicted molar refractivity (Wildman–Crippen MR) is 168 cm³/mol. The van der Waals surface area contributed by atoms with Crippen molar-refractivity contribution in [2.24, 2.45) is 5.10 Å². The molecule has 0 atom stereocenters. The van der Waals surface area contributed by atoms with Crippen molar-refractivity contribution in [3.63, 3.8) is 0 Å². The lowest BCUT2D eigenvalue weighted by Crippen LogP contribution is -2.40. The average Bonchev–Trinajstić information content (AvgIpc) is 3.01. The Morgan fingerprint density at radius 2 is 1.79 bits per heavy atom. The quantitative estimate of drug-likeness (QED) is 0.191. The number of benzene rings is 2. The molecule has 0 unspecified atom stereocenters. The molecule has 1 aliphatic heterocycles. The van der Waals surface area contributed by atoms with Crippen molar-refractivity contribution >= 4 is 35.4 Å². The van der Waals surface area contributed by atoms with E-state index < -0.39 is 11.9 Å². The molecule has 0 saturated heterocycles. The number of rotatable bonds is 13. The van der Waals surface area contributed by atoms with Crippen molar-refractivity contribution in [1.29, 1.82) is 0 Å². The van der Waals surface area contributed by atoms with Crippen LogP contribution in [-0.4, -0.2) is 36.8 Å². The van der Waals surface area contributed by atoms with Gasteiger partial charge in [0.25, 0.3) is 5.91 Å². The summed E-state index contributed by atoms with van der Waals surface area (Å²) in [5.74, 6) is -0.771. The zero-order valence-corrected chi connectivity index (χ0v) is 25.6. The van der Waals surface area contributed by atoms with Crippen molar-refractivity contribution in [2.75, 3.05) is 19.0 Å². The topological polar surface area (TPSA) is 92.3 Å². The van der Waals surface area contributed by atoms with E-state index in [0.717, 1.165) is 35.4 Å². The van der Waals surface area contributed by atoms with Crippen LogP contribution in [0, 0.1) is 0 Å². The minimum atomic E-state index is -0.568. The molecule has 8 nitrogen and oxygen atoms in total. The molecule has 0 radical (unpaired) electrons. The van der Waals surface area contributed by atoms with Gasteiger partial charge in [0, 0.05) is 22.5 Å². The van der Waals surface area contributed by atoms with Crippen LogP contribution in [0.25, 0.3) is 0 Å². The largest absolute Gasteiger partial charge is 0.486 e. The van der Waals surface area contributed by atoms with E-state index in [-0.39, 0.29) is 18.8 Å². The highest BCUT2D eigenvalue weighted by molar-refractivity contribution is 6.30. The van der Waals surface area contributed by atoms with Gasteiger partial charge in [-0.3, -0.25) is 9.59 Å². The van der Waals surface area contributed by atoms with Crippen LogP contribution in [-0.2, 0) is 25.7 Å².